The van der Waals surface area contributed by atoms with E-state index < -0.39 is 34.1 Å². The minimum Gasteiger partial charge on any atom is -0.495 e. The number of carbonyl (C=O) groups excluding carboxylic acids is 1. The van der Waals surface area contributed by atoms with Crippen LogP contribution >= 0.6 is 0 Å². The van der Waals surface area contributed by atoms with Crippen molar-refractivity contribution in [1.29, 1.82) is 0 Å². The van der Waals surface area contributed by atoms with E-state index in [9.17, 15) is 22.0 Å². The van der Waals surface area contributed by atoms with Crippen molar-refractivity contribution in [1.82, 2.24) is 0 Å². The molecule has 3 aromatic rings. The van der Waals surface area contributed by atoms with Gasteiger partial charge in [0.05, 0.1) is 19.4 Å². The standard InChI is InChI=1S/C24H24F2N2O5S/c1-4-33-19-9-7-18(8-10-19)28(15-24(29)27-17-6-11-20(25)21(26)14-17)34(30,31)23-13-16(2)5-12-22(23)32-3/h5-14H,4,15H2,1-3H3,(H,27,29). The van der Waals surface area contributed by atoms with Crippen LogP contribution in [0.2, 0.25) is 0 Å². The van der Waals surface area contributed by atoms with Gasteiger partial charge in [-0.05, 0) is 67.9 Å². The van der Waals surface area contributed by atoms with Gasteiger partial charge in [-0.1, -0.05) is 6.07 Å². The molecule has 3 aromatic carbocycles. The van der Waals surface area contributed by atoms with Gasteiger partial charge in [0.1, 0.15) is 22.9 Å². The molecule has 0 bridgehead atoms. The molecular formula is C24H24F2N2O5S. The fourth-order valence-electron chi connectivity index (χ4n) is 3.20. The summed E-state index contributed by atoms with van der Waals surface area (Å²) in [5.74, 6) is -2.32. The third-order valence-corrected chi connectivity index (χ3v) is 6.61. The van der Waals surface area contributed by atoms with Gasteiger partial charge in [-0.2, -0.15) is 0 Å². The highest BCUT2D eigenvalue weighted by Gasteiger charge is 2.30. The quantitative estimate of drug-likeness (QED) is 0.477. The number of nitrogens with one attached hydrogen (secondary N) is 1. The Labute approximate surface area is 197 Å². The summed E-state index contributed by atoms with van der Waals surface area (Å²) in [7, 11) is -2.93. The van der Waals surface area contributed by atoms with Crippen molar-refractivity contribution >= 4 is 27.3 Å². The van der Waals surface area contributed by atoms with Gasteiger partial charge in [0, 0.05) is 11.8 Å². The monoisotopic (exact) mass is 490 g/mol. The number of methoxy groups -OCH3 is 1. The Morgan fingerprint density at radius 1 is 1.00 bits per heavy atom. The molecule has 0 heterocycles. The first-order chi connectivity index (χ1) is 16.1. The van der Waals surface area contributed by atoms with Crippen molar-refractivity contribution in [3.8, 4) is 11.5 Å². The van der Waals surface area contributed by atoms with Gasteiger partial charge in [-0.25, -0.2) is 17.2 Å². The molecule has 0 radical (unpaired) electrons. The van der Waals surface area contributed by atoms with Gasteiger partial charge in [-0.3, -0.25) is 9.10 Å². The molecule has 7 nitrogen and oxygen atoms in total. The van der Waals surface area contributed by atoms with Crippen LogP contribution in [0, 0.1) is 18.6 Å². The Balaban J connectivity index is 2.00. The molecule has 0 fully saturated rings. The van der Waals surface area contributed by atoms with Crippen LogP contribution in [0.3, 0.4) is 0 Å². The lowest BCUT2D eigenvalue weighted by Crippen LogP contribution is -2.38. The zero-order valence-corrected chi connectivity index (χ0v) is 19.7. The normalized spacial score (nSPS) is 11.1. The Hall–Kier alpha value is -3.66. The number of anilines is 2. The van der Waals surface area contributed by atoms with Crippen molar-refractivity contribution in [2.45, 2.75) is 18.7 Å². The topological polar surface area (TPSA) is 84.9 Å². The number of benzene rings is 3. The summed E-state index contributed by atoms with van der Waals surface area (Å²) in [6.07, 6.45) is 0. The highest BCUT2D eigenvalue weighted by molar-refractivity contribution is 7.93. The number of amides is 1. The van der Waals surface area contributed by atoms with Gasteiger partial charge in [0.15, 0.2) is 11.6 Å². The molecule has 0 aliphatic carbocycles. The van der Waals surface area contributed by atoms with Crippen molar-refractivity contribution in [3.63, 3.8) is 0 Å². The van der Waals surface area contributed by atoms with Crippen LogP contribution in [-0.4, -0.2) is 34.6 Å². The van der Waals surface area contributed by atoms with E-state index in [2.05, 4.69) is 5.32 Å². The summed E-state index contributed by atoms with van der Waals surface area (Å²) in [6.45, 7) is 3.34. The highest BCUT2D eigenvalue weighted by Crippen LogP contribution is 2.31. The van der Waals surface area contributed by atoms with E-state index in [-0.39, 0.29) is 22.0 Å². The van der Waals surface area contributed by atoms with Gasteiger partial charge in [0.2, 0.25) is 5.91 Å². The number of hydrogen-bond acceptors (Lipinski definition) is 5. The summed E-state index contributed by atoms with van der Waals surface area (Å²) in [4.78, 5) is 12.7. The molecular weight excluding hydrogens is 466 g/mol. The van der Waals surface area contributed by atoms with E-state index in [1.54, 1.807) is 25.1 Å². The average Bonchev–Trinajstić information content (AvgIpc) is 2.80. The molecule has 10 heteroatoms. The smallest absolute Gasteiger partial charge is 0.268 e. The van der Waals surface area contributed by atoms with Crippen LogP contribution in [0.15, 0.2) is 65.6 Å². The summed E-state index contributed by atoms with van der Waals surface area (Å²) < 4.78 is 65.7. The largest absolute Gasteiger partial charge is 0.495 e. The fraction of sp³-hybridized carbons (Fsp3) is 0.208. The Morgan fingerprint density at radius 2 is 1.71 bits per heavy atom. The molecule has 3 rings (SSSR count). The first-order valence-electron chi connectivity index (χ1n) is 10.3. The predicted octanol–water partition coefficient (Wildman–Crippen LogP) is 4.51. The number of aryl methyl sites for hydroxylation is 1. The molecule has 1 amide bonds. The number of nitrogens with zero attached hydrogens (tertiary/aromatic N) is 1. The fourth-order valence-corrected chi connectivity index (χ4v) is 4.86. The lowest BCUT2D eigenvalue weighted by Gasteiger charge is -2.25. The van der Waals surface area contributed by atoms with Crippen LogP contribution in [0.25, 0.3) is 0 Å². The first kappa shape index (κ1) is 25.0. The molecule has 180 valence electrons. The van der Waals surface area contributed by atoms with E-state index in [1.165, 1.54) is 37.4 Å². The second-order valence-electron chi connectivity index (χ2n) is 7.27. The maximum Gasteiger partial charge on any atom is 0.268 e. The number of halogens is 2. The second kappa shape index (κ2) is 10.5. The summed E-state index contributed by atoms with van der Waals surface area (Å²) in [5, 5.41) is 2.40. The Morgan fingerprint density at radius 3 is 2.32 bits per heavy atom. The van der Waals surface area contributed by atoms with Crippen LogP contribution in [0.5, 0.6) is 11.5 Å². The molecule has 1 N–H and O–H groups in total. The van der Waals surface area contributed by atoms with Crippen LogP contribution in [-0.2, 0) is 14.8 Å². The zero-order valence-electron chi connectivity index (χ0n) is 18.8. The lowest BCUT2D eigenvalue weighted by molar-refractivity contribution is -0.114. The summed E-state index contributed by atoms with van der Waals surface area (Å²) in [5.41, 5.74) is 0.866. The van der Waals surface area contributed by atoms with E-state index in [0.29, 0.717) is 17.9 Å². The molecule has 0 spiro atoms. The van der Waals surface area contributed by atoms with Gasteiger partial charge >= 0.3 is 0 Å². The van der Waals surface area contributed by atoms with E-state index in [1.807, 2.05) is 6.92 Å². The molecule has 0 atom stereocenters. The number of rotatable bonds is 9. The van der Waals surface area contributed by atoms with Crippen LogP contribution < -0.4 is 19.1 Å². The second-order valence-corrected chi connectivity index (χ2v) is 9.10. The van der Waals surface area contributed by atoms with E-state index in [0.717, 1.165) is 16.4 Å². The third kappa shape index (κ3) is 5.63. The Kier molecular flexibility index (Phi) is 7.72. The summed E-state index contributed by atoms with van der Waals surface area (Å²) in [6, 6.07) is 13.7. The molecule has 0 saturated heterocycles. The molecule has 0 unspecified atom stereocenters. The molecule has 34 heavy (non-hydrogen) atoms. The zero-order chi connectivity index (χ0) is 24.9. The average molecular weight is 491 g/mol. The number of ether oxygens (including phenoxy) is 2. The number of sulfonamides is 1. The maximum atomic E-state index is 13.7. The maximum absolute atomic E-state index is 13.7. The van der Waals surface area contributed by atoms with Crippen LogP contribution in [0.4, 0.5) is 20.2 Å². The SMILES string of the molecule is CCOc1ccc(N(CC(=O)Nc2ccc(F)c(F)c2)S(=O)(=O)c2cc(C)ccc2OC)cc1. The van der Waals surface area contributed by atoms with Gasteiger partial charge < -0.3 is 14.8 Å². The van der Waals surface area contributed by atoms with Gasteiger partial charge in [0.25, 0.3) is 10.0 Å². The first-order valence-corrected chi connectivity index (χ1v) is 11.7. The third-order valence-electron chi connectivity index (χ3n) is 4.81. The van der Waals surface area contributed by atoms with Crippen LogP contribution in [0.1, 0.15) is 12.5 Å². The van der Waals surface area contributed by atoms with Crippen molar-refractivity contribution in [2.24, 2.45) is 0 Å². The Bertz CT molecular complexity index is 1280. The van der Waals surface area contributed by atoms with Crippen molar-refractivity contribution < 1.29 is 31.5 Å². The van der Waals surface area contributed by atoms with Crippen molar-refractivity contribution in [2.75, 3.05) is 29.9 Å². The molecule has 0 aliphatic heterocycles. The molecule has 0 saturated carbocycles. The van der Waals surface area contributed by atoms with E-state index in [4.69, 9.17) is 9.47 Å². The molecule has 0 aliphatic rings. The minimum absolute atomic E-state index is 0.0129. The number of hydrogen-bond donors (Lipinski definition) is 1. The summed E-state index contributed by atoms with van der Waals surface area (Å²) >= 11 is 0. The van der Waals surface area contributed by atoms with E-state index >= 15 is 0 Å². The lowest BCUT2D eigenvalue weighted by atomic mass is 10.2. The van der Waals surface area contributed by atoms with Gasteiger partial charge in [-0.15, -0.1) is 0 Å². The minimum atomic E-state index is -4.27. The predicted molar refractivity (Wildman–Crippen MR) is 125 cm³/mol. The van der Waals surface area contributed by atoms with Crippen molar-refractivity contribution in [3.05, 3.63) is 77.9 Å². The molecule has 0 aromatic heterocycles. The highest BCUT2D eigenvalue weighted by atomic mass is 32.2. The number of carbonyl (C=O) groups is 1.